The van der Waals surface area contributed by atoms with Crippen LogP contribution in [0.2, 0.25) is 0 Å². The molecule has 0 saturated heterocycles. The second-order valence-corrected chi connectivity index (χ2v) is 4.67. The van der Waals surface area contributed by atoms with Crippen LogP contribution in [-0.4, -0.2) is 12.2 Å². The number of allylic oxidation sites excluding steroid dienone is 4. The van der Waals surface area contributed by atoms with Crippen molar-refractivity contribution in [2.24, 2.45) is 0 Å². The molecule has 0 aromatic carbocycles. The Morgan fingerprint density at radius 2 is 1.18 bits per heavy atom. The summed E-state index contributed by atoms with van der Waals surface area (Å²) in [5.74, 6) is 0. The summed E-state index contributed by atoms with van der Waals surface area (Å²) in [4.78, 5) is 0. The van der Waals surface area contributed by atoms with Crippen LogP contribution in [0.25, 0.3) is 0 Å². The molecule has 0 amide bonds. The standard InChI is InChI=1S/C16H30O/c1-5-7-9-11-13-15(3)17-16(4)14-12-10-8-6-2/h7-10,15-16H,5-6,11-14H2,1-4H3. The van der Waals surface area contributed by atoms with Crippen LogP contribution in [-0.2, 0) is 4.74 Å². The van der Waals surface area contributed by atoms with Crippen molar-refractivity contribution in [3.05, 3.63) is 24.3 Å². The zero-order valence-electron chi connectivity index (χ0n) is 12.1. The molecule has 0 aliphatic heterocycles. The summed E-state index contributed by atoms with van der Waals surface area (Å²) in [5, 5.41) is 0. The van der Waals surface area contributed by atoms with E-state index in [0.717, 1.165) is 38.5 Å². The molecule has 100 valence electrons. The molecule has 0 saturated carbocycles. The third-order valence-electron chi connectivity index (χ3n) is 2.75. The van der Waals surface area contributed by atoms with Crippen molar-refractivity contribution < 1.29 is 4.74 Å². The molecule has 0 N–H and O–H groups in total. The summed E-state index contributed by atoms with van der Waals surface area (Å²) in [6, 6.07) is 0. The van der Waals surface area contributed by atoms with Gasteiger partial charge in [0, 0.05) is 0 Å². The smallest absolute Gasteiger partial charge is 0.0553 e. The highest BCUT2D eigenvalue weighted by atomic mass is 16.5. The molecule has 17 heavy (non-hydrogen) atoms. The maximum absolute atomic E-state index is 5.94. The molecule has 0 bridgehead atoms. The molecule has 0 rings (SSSR count). The molecule has 0 aromatic heterocycles. The van der Waals surface area contributed by atoms with Gasteiger partial charge < -0.3 is 4.74 Å². The Hall–Kier alpha value is -0.560. The molecule has 1 nitrogen and oxygen atoms in total. The van der Waals surface area contributed by atoms with Crippen LogP contribution in [0.3, 0.4) is 0 Å². The second kappa shape index (κ2) is 11.9. The Balaban J connectivity index is 3.54. The summed E-state index contributed by atoms with van der Waals surface area (Å²) in [6.45, 7) is 8.70. The van der Waals surface area contributed by atoms with E-state index in [2.05, 4.69) is 52.0 Å². The SMILES string of the molecule is CCC=CCCC(C)OC(C)CCC=CCC. The first-order valence-electron chi connectivity index (χ1n) is 7.16. The van der Waals surface area contributed by atoms with Gasteiger partial charge in [-0.25, -0.2) is 0 Å². The first-order valence-corrected chi connectivity index (χ1v) is 7.16. The lowest BCUT2D eigenvalue weighted by atomic mass is 10.1. The molecule has 0 radical (unpaired) electrons. The monoisotopic (exact) mass is 238 g/mol. The van der Waals surface area contributed by atoms with Crippen LogP contribution in [0, 0.1) is 0 Å². The zero-order chi connectivity index (χ0) is 12.9. The van der Waals surface area contributed by atoms with Crippen LogP contribution in [0.15, 0.2) is 24.3 Å². The Bertz CT molecular complexity index is 184. The average Bonchev–Trinajstić information content (AvgIpc) is 2.30. The Morgan fingerprint density at radius 1 is 0.765 bits per heavy atom. The summed E-state index contributed by atoms with van der Waals surface area (Å²) >= 11 is 0. The second-order valence-electron chi connectivity index (χ2n) is 4.67. The van der Waals surface area contributed by atoms with Crippen LogP contribution in [0.4, 0.5) is 0 Å². The molecule has 0 aromatic rings. The molecule has 0 spiro atoms. The van der Waals surface area contributed by atoms with Gasteiger partial charge in [-0.05, 0) is 52.4 Å². The maximum Gasteiger partial charge on any atom is 0.0553 e. The Kier molecular flexibility index (Phi) is 11.5. The van der Waals surface area contributed by atoms with E-state index in [9.17, 15) is 0 Å². The molecule has 2 unspecified atom stereocenters. The molecule has 0 heterocycles. The summed E-state index contributed by atoms with van der Waals surface area (Å²) < 4.78 is 5.94. The molecule has 0 aliphatic carbocycles. The topological polar surface area (TPSA) is 9.23 Å². The summed E-state index contributed by atoms with van der Waals surface area (Å²) in [6.07, 6.45) is 16.5. The van der Waals surface area contributed by atoms with Gasteiger partial charge in [-0.1, -0.05) is 38.2 Å². The van der Waals surface area contributed by atoms with E-state index in [1.165, 1.54) is 0 Å². The Labute approximate surface area is 108 Å². The van der Waals surface area contributed by atoms with Crippen molar-refractivity contribution in [3.8, 4) is 0 Å². The molecule has 2 atom stereocenters. The van der Waals surface area contributed by atoms with Gasteiger partial charge in [-0.15, -0.1) is 0 Å². The van der Waals surface area contributed by atoms with Gasteiger partial charge >= 0.3 is 0 Å². The van der Waals surface area contributed by atoms with Gasteiger partial charge in [0.25, 0.3) is 0 Å². The van der Waals surface area contributed by atoms with Crippen LogP contribution in [0.1, 0.15) is 66.2 Å². The summed E-state index contributed by atoms with van der Waals surface area (Å²) in [7, 11) is 0. The van der Waals surface area contributed by atoms with E-state index in [0.29, 0.717) is 12.2 Å². The van der Waals surface area contributed by atoms with Crippen molar-refractivity contribution in [1.29, 1.82) is 0 Å². The fraction of sp³-hybridized carbons (Fsp3) is 0.750. The largest absolute Gasteiger partial charge is 0.376 e. The van der Waals surface area contributed by atoms with Gasteiger partial charge in [0.15, 0.2) is 0 Å². The van der Waals surface area contributed by atoms with Gasteiger partial charge in [0.1, 0.15) is 0 Å². The van der Waals surface area contributed by atoms with E-state index in [4.69, 9.17) is 4.74 Å². The minimum Gasteiger partial charge on any atom is -0.376 e. The number of hydrogen-bond acceptors (Lipinski definition) is 1. The number of hydrogen-bond donors (Lipinski definition) is 0. The highest BCUT2D eigenvalue weighted by Crippen LogP contribution is 2.10. The van der Waals surface area contributed by atoms with Gasteiger partial charge in [0.2, 0.25) is 0 Å². The molecule has 0 aliphatic rings. The lowest BCUT2D eigenvalue weighted by Crippen LogP contribution is -2.16. The van der Waals surface area contributed by atoms with Gasteiger partial charge in [-0.3, -0.25) is 0 Å². The van der Waals surface area contributed by atoms with Gasteiger partial charge in [0.05, 0.1) is 12.2 Å². The zero-order valence-corrected chi connectivity index (χ0v) is 12.1. The van der Waals surface area contributed by atoms with Crippen molar-refractivity contribution in [1.82, 2.24) is 0 Å². The number of ether oxygens (including phenoxy) is 1. The Morgan fingerprint density at radius 3 is 1.53 bits per heavy atom. The van der Waals surface area contributed by atoms with E-state index in [1.54, 1.807) is 0 Å². The van der Waals surface area contributed by atoms with Gasteiger partial charge in [-0.2, -0.15) is 0 Å². The van der Waals surface area contributed by atoms with Crippen LogP contribution < -0.4 is 0 Å². The lowest BCUT2D eigenvalue weighted by molar-refractivity contribution is 0.00114. The molecule has 1 heteroatoms. The first kappa shape index (κ1) is 16.4. The summed E-state index contributed by atoms with van der Waals surface area (Å²) in [5.41, 5.74) is 0. The lowest BCUT2D eigenvalue weighted by Gasteiger charge is -2.18. The van der Waals surface area contributed by atoms with E-state index < -0.39 is 0 Å². The van der Waals surface area contributed by atoms with Crippen molar-refractivity contribution in [2.75, 3.05) is 0 Å². The third-order valence-corrected chi connectivity index (χ3v) is 2.75. The minimum absolute atomic E-state index is 0.377. The predicted octanol–water partition coefficient (Wildman–Crippen LogP) is 5.27. The molecular formula is C16H30O. The van der Waals surface area contributed by atoms with Crippen LogP contribution >= 0.6 is 0 Å². The normalized spacial score (nSPS) is 15.8. The molecular weight excluding hydrogens is 208 g/mol. The van der Waals surface area contributed by atoms with Crippen molar-refractivity contribution in [2.45, 2.75) is 78.4 Å². The van der Waals surface area contributed by atoms with E-state index in [-0.39, 0.29) is 0 Å². The van der Waals surface area contributed by atoms with Crippen LogP contribution in [0.5, 0.6) is 0 Å². The van der Waals surface area contributed by atoms with Crippen molar-refractivity contribution in [3.63, 3.8) is 0 Å². The van der Waals surface area contributed by atoms with E-state index >= 15 is 0 Å². The third kappa shape index (κ3) is 11.7. The fourth-order valence-corrected chi connectivity index (χ4v) is 1.76. The minimum atomic E-state index is 0.377. The maximum atomic E-state index is 5.94. The quantitative estimate of drug-likeness (QED) is 0.471. The number of rotatable bonds is 10. The van der Waals surface area contributed by atoms with Crippen molar-refractivity contribution >= 4 is 0 Å². The fourth-order valence-electron chi connectivity index (χ4n) is 1.76. The highest BCUT2D eigenvalue weighted by molar-refractivity contribution is 4.82. The average molecular weight is 238 g/mol. The predicted molar refractivity (Wildman–Crippen MR) is 77.3 cm³/mol. The highest BCUT2D eigenvalue weighted by Gasteiger charge is 2.06. The first-order chi connectivity index (χ1) is 8.20. The molecule has 0 fully saturated rings. The van der Waals surface area contributed by atoms with E-state index in [1.807, 2.05) is 0 Å².